The number of anilines is 2. The van der Waals surface area contributed by atoms with Crippen molar-refractivity contribution in [3.8, 4) is 22.6 Å². The third-order valence-corrected chi connectivity index (χ3v) is 5.29. The SMILES string of the molecule is Cc1c(-c2ccccc2)cccc1-c1nnc(Nc2cccc(CN[C@H](CO)C(=O)O)c2)o1. The zero-order valence-corrected chi connectivity index (χ0v) is 18.0. The molecule has 0 aliphatic rings. The number of hydrogen-bond acceptors (Lipinski definition) is 7. The Morgan fingerprint density at radius 2 is 1.76 bits per heavy atom. The lowest BCUT2D eigenvalue weighted by Gasteiger charge is -2.12. The largest absolute Gasteiger partial charge is 0.480 e. The minimum atomic E-state index is -1.10. The van der Waals surface area contributed by atoms with Crippen molar-refractivity contribution in [3.63, 3.8) is 0 Å². The Kier molecular flexibility index (Phi) is 6.77. The van der Waals surface area contributed by atoms with Crippen molar-refractivity contribution in [2.75, 3.05) is 11.9 Å². The van der Waals surface area contributed by atoms with Crippen molar-refractivity contribution < 1.29 is 19.4 Å². The lowest BCUT2D eigenvalue weighted by Crippen LogP contribution is -2.39. The summed E-state index contributed by atoms with van der Waals surface area (Å²) in [5.41, 5.74) is 5.68. The van der Waals surface area contributed by atoms with Crippen molar-refractivity contribution in [3.05, 3.63) is 83.9 Å². The van der Waals surface area contributed by atoms with Crippen LogP contribution in [-0.2, 0) is 11.3 Å². The Bertz CT molecular complexity index is 1240. The molecule has 0 aliphatic heterocycles. The molecule has 4 N–H and O–H groups in total. The molecule has 1 atom stereocenters. The fourth-order valence-corrected chi connectivity index (χ4v) is 3.53. The number of aliphatic carboxylic acids is 1. The third-order valence-electron chi connectivity index (χ3n) is 5.29. The van der Waals surface area contributed by atoms with Crippen molar-refractivity contribution in [1.29, 1.82) is 0 Å². The van der Waals surface area contributed by atoms with Crippen LogP contribution in [0.2, 0.25) is 0 Å². The van der Waals surface area contributed by atoms with Crippen molar-refractivity contribution >= 4 is 17.7 Å². The van der Waals surface area contributed by atoms with Gasteiger partial charge in [-0.05, 0) is 47.4 Å². The molecule has 0 radical (unpaired) electrons. The summed E-state index contributed by atoms with van der Waals surface area (Å²) in [4.78, 5) is 11.0. The highest BCUT2D eigenvalue weighted by Gasteiger charge is 2.16. The normalized spacial score (nSPS) is 11.8. The molecule has 0 bridgehead atoms. The van der Waals surface area contributed by atoms with Crippen LogP contribution in [-0.4, -0.2) is 39.0 Å². The summed E-state index contributed by atoms with van der Waals surface area (Å²) in [6.07, 6.45) is 0. The number of aliphatic hydroxyl groups excluding tert-OH is 1. The van der Waals surface area contributed by atoms with Crippen LogP contribution in [0.15, 0.2) is 77.2 Å². The highest BCUT2D eigenvalue weighted by Crippen LogP contribution is 2.32. The average molecular weight is 444 g/mol. The molecule has 0 saturated carbocycles. The third kappa shape index (κ3) is 5.25. The average Bonchev–Trinajstić information content (AvgIpc) is 3.28. The molecule has 0 fully saturated rings. The maximum Gasteiger partial charge on any atom is 0.323 e. The molecule has 0 amide bonds. The van der Waals surface area contributed by atoms with Gasteiger partial charge in [0.15, 0.2) is 0 Å². The monoisotopic (exact) mass is 444 g/mol. The van der Waals surface area contributed by atoms with Gasteiger partial charge in [-0.3, -0.25) is 10.1 Å². The van der Waals surface area contributed by atoms with E-state index in [4.69, 9.17) is 14.6 Å². The Labute approximate surface area is 190 Å². The van der Waals surface area contributed by atoms with Gasteiger partial charge >= 0.3 is 12.0 Å². The molecule has 8 nitrogen and oxygen atoms in total. The lowest BCUT2D eigenvalue weighted by atomic mass is 9.96. The summed E-state index contributed by atoms with van der Waals surface area (Å²) in [6.45, 7) is 1.83. The van der Waals surface area contributed by atoms with E-state index in [9.17, 15) is 4.79 Å². The number of carboxylic acid groups (broad SMARTS) is 1. The number of hydrogen-bond donors (Lipinski definition) is 4. The number of rotatable bonds is 9. The van der Waals surface area contributed by atoms with E-state index in [0.29, 0.717) is 5.89 Å². The second-order valence-corrected chi connectivity index (χ2v) is 7.54. The van der Waals surface area contributed by atoms with E-state index in [1.807, 2.05) is 61.5 Å². The molecule has 4 rings (SSSR count). The Balaban J connectivity index is 1.50. The van der Waals surface area contributed by atoms with Gasteiger partial charge in [0, 0.05) is 17.8 Å². The first kappa shape index (κ1) is 22.2. The van der Waals surface area contributed by atoms with Gasteiger partial charge in [0.05, 0.1) is 6.61 Å². The van der Waals surface area contributed by atoms with Crippen LogP contribution in [0.5, 0.6) is 0 Å². The van der Waals surface area contributed by atoms with Crippen LogP contribution in [0.4, 0.5) is 11.7 Å². The van der Waals surface area contributed by atoms with Crippen molar-refractivity contribution in [1.82, 2.24) is 15.5 Å². The molecule has 0 saturated heterocycles. The molecule has 33 heavy (non-hydrogen) atoms. The van der Waals surface area contributed by atoms with Gasteiger partial charge in [0.25, 0.3) is 0 Å². The van der Waals surface area contributed by atoms with Crippen LogP contribution in [0.1, 0.15) is 11.1 Å². The summed E-state index contributed by atoms with van der Waals surface area (Å²) < 4.78 is 5.87. The van der Waals surface area contributed by atoms with E-state index < -0.39 is 18.6 Å². The van der Waals surface area contributed by atoms with Crippen LogP contribution < -0.4 is 10.6 Å². The molecule has 4 aromatic rings. The minimum absolute atomic E-state index is 0.249. The Morgan fingerprint density at radius 3 is 2.52 bits per heavy atom. The maximum absolute atomic E-state index is 11.0. The topological polar surface area (TPSA) is 121 Å². The second-order valence-electron chi connectivity index (χ2n) is 7.54. The number of carbonyl (C=O) groups is 1. The zero-order valence-electron chi connectivity index (χ0n) is 18.0. The fraction of sp³-hybridized carbons (Fsp3) is 0.160. The smallest absolute Gasteiger partial charge is 0.323 e. The van der Waals surface area contributed by atoms with E-state index in [-0.39, 0.29) is 12.6 Å². The molecule has 0 spiro atoms. The van der Waals surface area contributed by atoms with Gasteiger partial charge < -0.3 is 19.9 Å². The summed E-state index contributed by atoms with van der Waals surface area (Å²) >= 11 is 0. The molecule has 168 valence electrons. The number of aliphatic hydroxyl groups is 1. The molecule has 1 heterocycles. The second kappa shape index (κ2) is 10.1. The van der Waals surface area contributed by atoms with Gasteiger partial charge in [0.1, 0.15) is 6.04 Å². The first-order chi connectivity index (χ1) is 16.0. The molecule has 0 unspecified atom stereocenters. The molecular formula is C25H24N4O4. The Hall–Kier alpha value is -4.01. The molecule has 3 aromatic carbocycles. The number of carboxylic acids is 1. The quantitative estimate of drug-likeness (QED) is 0.306. The van der Waals surface area contributed by atoms with E-state index in [1.54, 1.807) is 0 Å². The summed E-state index contributed by atoms with van der Waals surface area (Å²) in [6, 6.07) is 22.7. The molecule has 1 aromatic heterocycles. The van der Waals surface area contributed by atoms with Gasteiger partial charge in [-0.25, -0.2) is 0 Å². The number of nitrogens with one attached hydrogen (secondary N) is 2. The Morgan fingerprint density at radius 1 is 1.00 bits per heavy atom. The van der Waals surface area contributed by atoms with Crippen molar-refractivity contribution in [2.24, 2.45) is 0 Å². The standard InChI is InChI=1S/C25H24N4O4/c1-16-20(18-8-3-2-4-9-18)11-6-12-21(16)23-28-29-25(33-23)27-19-10-5-7-17(13-19)14-26-22(15-30)24(31)32/h2-13,22,26,30H,14-15H2,1H3,(H,27,29)(H,31,32)/t22-/m1/s1. The number of nitrogens with zero attached hydrogens (tertiary/aromatic N) is 2. The molecule has 8 heteroatoms. The number of aromatic nitrogens is 2. The van der Waals surface area contributed by atoms with Crippen LogP contribution in [0, 0.1) is 6.92 Å². The maximum atomic E-state index is 11.0. The van der Waals surface area contributed by atoms with E-state index in [0.717, 1.165) is 33.5 Å². The predicted octanol–water partition coefficient (Wildman–Crippen LogP) is 3.99. The molecular weight excluding hydrogens is 420 g/mol. The number of benzene rings is 3. The zero-order chi connectivity index (χ0) is 23.2. The van der Waals surface area contributed by atoms with Gasteiger partial charge in [0.2, 0.25) is 5.89 Å². The van der Waals surface area contributed by atoms with Gasteiger partial charge in [-0.1, -0.05) is 59.7 Å². The van der Waals surface area contributed by atoms with E-state index >= 15 is 0 Å². The summed E-state index contributed by atoms with van der Waals surface area (Å²) in [7, 11) is 0. The van der Waals surface area contributed by atoms with Crippen LogP contribution in [0.25, 0.3) is 22.6 Å². The van der Waals surface area contributed by atoms with Gasteiger partial charge in [-0.2, -0.15) is 0 Å². The first-order valence-electron chi connectivity index (χ1n) is 10.5. The first-order valence-corrected chi connectivity index (χ1v) is 10.5. The van der Waals surface area contributed by atoms with Crippen LogP contribution >= 0.6 is 0 Å². The minimum Gasteiger partial charge on any atom is -0.480 e. The van der Waals surface area contributed by atoms with E-state index in [2.05, 4.69) is 39.0 Å². The highest BCUT2D eigenvalue weighted by atomic mass is 16.4. The summed E-state index contributed by atoms with van der Waals surface area (Å²) in [5, 5.41) is 32.4. The molecule has 0 aliphatic carbocycles. The van der Waals surface area contributed by atoms with E-state index in [1.165, 1.54) is 0 Å². The van der Waals surface area contributed by atoms with Crippen molar-refractivity contribution in [2.45, 2.75) is 19.5 Å². The summed E-state index contributed by atoms with van der Waals surface area (Å²) in [5.74, 6) is -0.686. The van der Waals surface area contributed by atoms with Crippen LogP contribution in [0.3, 0.4) is 0 Å². The predicted molar refractivity (Wildman–Crippen MR) is 125 cm³/mol. The fourth-order valence-electron chi connectivity index (χ4n) is 3.53. The highest BCUT2D eigenvalue weighted by molar-refractivity contribution is 5.75. The lowest BCUT2D eigenvalue weighted by molar-refractivity contribution is -0.140. The van der Waals surface area contributed by atoms with Gasteiger partial charge in [-0.15, -0.1) is 5.10 Å².